The number of rotatable bonds is 4. The maximum Gasteiger partial charge on any atom is 0.259 e. The summed E-state index contributed by atoms with van der Waals surface area (Å²) >= 11 is 0. The highest BCUT2D eigenvalue weighted by atomic mass is 32.2. The van der Waals surface area contributed by atoms with Crippen LogP contribution in [0.3, 0.4) is 0 Å². The van der Waals surface area contributed by atoms with Crippen molar-refractivity contribution in [2.45, 2.75) is 6.35 Å². The number of thiol groups is 1. The van der Waals surface area contributed by atoms with Gasteiger partial charge in [-0.3, -0.25) is 5.73 Å². The van der Waals surface area contributed by atoms with Crippen LogP contribution in [0.2, 0.25) is 0 Å². The largest absolute Gasteiger partial charge is 0.292 e. The van der Waals surface area contributed by atoms with E-state index in [0.717, 1.165) is 6.26 Å². The van der Waals surface area contributed by atoms with Gasteiger partial charge in [0.15, 0.2) is 6.35 Å². The predicted octanol–water partition coefficient (Wildman–Crippen LogP) is -2.68. The van der Waals surface area contributed by atoms with Crippen LogP contribution in [0.5, 0.6) is 0 Å². The molecule has 0 bridgehead atoms. The second-order valence-corrected chi connectivity index (χ2v) is 4.08. The second kappa shape index (κ2) is 3.97. The summed E-state index contributed by atoms with van der Waals surface area (Å²) in [6.07, 6.45) is -0.722. The number of nitrogens with one attached hydrogen (secondary N) is 1. The topological polar surface area (TPSA) is 116 Å². The van der Waals surface area contributed by atoms with Crippen LogP contribution in [0.1, 0.15) is 0 Å². The van der Waals surface area contributed by atoms with Crippen molar-refractivity contribution in [2.24, 2.45) is 5.73 Å². The van der Waals surface area contributed by atoms with Crippen LogP contribution < -0.4 is 10.5 Å². The van der Waals surface area contributed by atoms with Crippen molar-refractivity contribution in [1.29, 1.82) is 0 Å². The van der Waals surface area contributed by atoms with E-state index < -0.39 is 27.4 Å². The van der Waals surface area contributed by atoms with Gasteiger partial charge in [0.05, 0.1) is 6.26 Å². The van der Waals surface area contributed by atoms with Crippen LogP contribution in [0, 0.1) is 0 Å². The first-order chi connectivity index (χ1) is 4.81. The summed E-state index contributed by atoms with van der Waals surface area (Å²) in [5.41, 5.74) is 4.86. The molecule has 3 N–H and O–H groups in total. The Balaban J connectivity index is 3.99. The fraction of sp³-hybridized carbons (Fsp3) is 1.00. The molecule has 0 aliphatic carbocycles. The maximum absolute atomic E-state index is 10.4. The Labute approximate surface area is 65.7 Å². The molecule has 9 heteroatoms. The zero-order chi connectivity index (χ0) is 9.07. The van der Waals surface area contributed by atoms with E-state index in [0.29, 0.717) is 0 Å². The minimum Gasteiger partial charge on any atom is -0.292 e. The third-order valence-electron chi connectivity index (χ3n) is 0.530. The third kappa shape index (κ3) is 7.68. The molecule has 1 unspecified atom stereocenters. The van der Waals surface area contributed by atoms with Gasteiger partial charge in [0.1, 0.15) is 0 Å². The molecule has 0 heterocycles. The number of hydrogen-bond donors (Lipinski definition) is 3. The van der Waals surface area contributed by atoms with E-state index in [9.17, 15) is 16.8 Å². The summed E-state index contributed by atoms with van der Waals surface area (Å²) in [4.78, 5) is 0. The molecule has 1 atom stereocenters. The first-order valence-electron chi connectivity index (χ1n) is 2.35. The van der Waals surface area contributed by atoms with Crippen LogP contribution in [-0.2, 0) is 25.2 Å². The van der Waals surface area contributed by atoms with E-state index >= 15 is 0 Å². The lowest BCUT2D eigenvalue weighted by Gasteiger charge is -2.06. The van der Waals surface area contributed by atoms with E-state index in [1.54, 1.807) is 4.72 Å². The van der Waals surface area contributed by atoms with Crippen molar-refractivity contribution < 1.29 is 21.0 Å². The average Bonchev–Trinajstić information content (AvgIpc) is 1.53. The summed E-state index contributed by atoms with van der Waals surface area (Å²) in [5.74, 6) is 0. The molecule has 0 aliphatic heterocycles. The maximum atomic E-state index is 10.4. The van der Waals surface area contributed by atoms with Crippen molar-refractivity contribution in [2.75, 3.05) is 6.26 Å². The van der Waals surface area contributed by atoms with Gasteiger partial charge in [-0.05, 0) is 0 Å². The molecule has 0 amide bonds. The smallest absolute Gasteiger partial charge is 0.259 e. The van der Waals surface area contributed by atoms with Crippen LogP contribution in [-0.4, -0.2) is 29.4 Å². The van der Waals surface area contributed by atoms with Gasteiger partial charge < -0.3 is 0 Å². The highest BCUT2D eigenvalue weighted by Gasteiger charge is 2.09. The van der Waals surface area contributed by atoms with Crippen LogP contribution in [0.4, 0.5) is 0 Å². The van der Waals surface area contributed by atoms with Gasteiger partial charge in [0, 0.05) is 0 Å². The minimum absolute atomic E-state index is 0.827. The first kappa shape index (κ1) is 10.8. The number of nitrogens with two attached hydrogens (primary N) is 1. The van der Waals surface area contributed by atoms with E-state index in [1.165, 1.54) is 0 Å². The second-order valence-electron chi connectivity index (χ2n) is 1.64. The van der Waals surface area contributed by atoms with Crippen molar-refractivity contribution in [3.8, 4) is 0 Å². The van der Waals surface area contributed by atoms with Crippen molar-refractivity contribution in [3.05, 3.63) is 0 Å². The van der Waals surface area contributed by atoms with Crippen LogP contribution in [0.25, 0.3) is 0 Å². The Bertz CT molecular complexity index is 271. The van der Waals surface area contributed by atoms with Crippen molar-refractivity contribution >= 4 is 21.0 Å². The summed E-state index contributed by atoms with van der Waals surface area (Å²) < 4.78 is 45.9. The quantitative estimate of drug-likeness (QED) is 0.339. The minimum atomic E-state index is -3.54. The highest BCUT2D eigenvalue weighted by Crippen LogP contribution is 1.81. The van der Waals surface area contributed by atoms with Gasteiger partial charge >= 0.3 is 0 Å². The molecule has 7 nitrogen and oxygen atoms in total. The van der Waals surface area contributed by atoms with E-state index in [-0.39, 0.29) is 0 Å². The molecule has 11 heavy (non-hydrogen) atoms. The standard InChI is InChI=1S/C2H8N2O5S2/c1-11(7,8)4-2(3)9-10(5)6/h2,4,10H,3H2,1H3. The summed E-state index contributed by atoms with van der Waals surface area (Å²) in [6, 6.07) is 0. The van der Waals surface area contributed by atoms with Crippen molar-refractivity contribution in [1.82, 2.24) is 4.72 Å². The summed E-state index contributed by atoms with van der Waals surface area (Å²) in [7, 11) is -6.68. The van der Waals surface area contributed by atoms with Gasteiger partial charge in [0.25, 0.3) is 11.0 Å². The Morgan fingerprint density at radius 3 is 2.27 bits per heavy atom. The van der Waals surface area contributed by atoms with Crippen molar-refractivity contribution in [3.63, 3.8) is 0 Å². The van der Waals surface area contributed by atoms with Gasteiger partial charge in [-0.15, -0.1) is 0 Å². The van der Waals surface area contributed by atoms with E-state index in [2.05, 4.69) is 4.18 Å². The van der Waals surface area contributed by atoms with Crippen LogP contribution >= 0.6 is 0 Å². The molecule has 0 radical (unpaired) electrons. The van der Waals surface area contributed by atoms with Crippen LogP contribution in [0.15, 0.2) is 0 Å². The molecule has 0 aromatic rings. The average molecular weight is 204 g/mol. The Hall–Kier alpha value is -0.220. The summed E-state index contributed by atoms with van der Waals surface area (Å²) in [6.45, 7) is 0. The normalized spacial score (nSPS) is 15.2. The third-order valence-corrected chi connectivity index (χ3v) is 1.59. The van der Waals surface area contributed by atoms with Gasteiger partial charge in [-0.1, -0.05) is 0 Å². The van der Waals surface area contributed by atoms with E-state index in [1.807, 2.05) is 0 Å². The fourth-order valence-electron chi connectivity index (χ4n) is 0.325. The zero-order valence-corrected chi connectivity index (χ0v) is 7.26. The van der Waals surface area contributed by atoms with Gasteiger partial charge in [-0.2, -0.15) is 4.72 Å². The lowest BCUT2D eigenvalue weighted by atomic mass is 11.1. The van der Waals surface area contributed by atoms with Gasteiger partial charge in [0.2, 0.25) is 10.0 Å². The number of sulfonamides is 1. The lowest BCUT2D eigenvalue weighted by Crippen LogP contribution is -2.42. The van der Waals surface area contributed by atoms with E-state index in [4.69, 9.17) is 5.73 Å². The fourth-order valence-corrected chi connectivity index (χ4v) is 1.10. The Kier molecular flexibility index (Phi) is 3.89. The molecule has 0 saturated heterocycles. The lowest BCUT2D eigenvalue weighted by molar-refractivity contribution is 0.216. The molecule has 0 saturated carbocycles. The molecule has 0 aliphatic rings. The summed E-state index contributed by atoms with van der Waals surface area (Å²) in [5, 5.41) is 0. The molecular weight excluding hydrogens is 196 g/mol. The monoisotopic (exact) mass is 204 g/mol. The molecule has 0 aromatic heterocycles. The SMILES string of the molecule is CS(=O)(=O)NC(N)O[SH](=O)=O. The zero-order valence-electron chi connectivity index (χ0n) is 5.55. The predicted molar refractivity (Wildman–Crippen MR) is 37.4 cm³/mol. The molecule has 0 fully saturated rings. The van der Waals surface area contributed by atoms with Gasteiger partial charge in [-0.25, -0.2) is 21.0 Å². The Morgan fingerprint density at radius 2 is 2.00 bits per heavy atom. The Morgan fingerprint density at radius 1 is 1.55 bits per heavy atom. The molecule has 0 rings (SSSR count). The first-order valence-corrected chi connectivity index (χ1v) is 5.34. The molecular formula is C2H8N2O5S2. The highest BCUT2D eigenvalue weighted by molar-refractivity contribution is 7.88. The number of hydrogen-bond acceptors (Lipinski definition) is 6. The molecule has 0 spiro atoms. The molecule has 68 valence electrons. The molecule has 0 aromatic carbocycles.